The zero-order chi connectivity index (χ0) is 8.40. The molecule has 0 N–H and O–H groups in total. The van der Waals surface area contributed by atoms with Gasteiger partial charge in [-0.05, 0) is 50.4 Å². The second kappa shape index (κ2) is 2.52. The Morgan fingerprint density at radius 2 is 1.25 bits per heavy atom. The summed E-state index contributed by atoms with van der Waals surface area (Å²) in [6.07, 6.45) is 9.22. The SMILES string of the molecule is IC12CC3CC(C1)CC(I)(C3)C2. The van der Waals surface area contributed by atoms with Crippen LogP contribution in [0.4, 0.5) is 0 Å². The number of alkyl halides is 2. The summed E-state index contributed by atoms with van der Waals surface area (Å²) in [7, 11) is 0. The van der Waals surface area contributed by atoms with Crippen LogP contribution in [0.2, 0.25) is 0 Å². The molecular weight excluding hydrogens is 374 g/mol. The molecule has 0 aromatic rings. The Hall–Kier alpha value is 1.46. The third-order valence-electron chi connectivity index (χ3n) is 3.92. The van der Waals surface area contributed by atoms with E-state index < -0.39 is 0 Å². The van der Waals surface area contributed by atoms with E-state index in [9.17, 15) is 0 Å². The molecule has 0 atom stereocenters. The molecule has 0 aromatic heterocycles. The molecule has 4 saturated carbocycles. The van der Waals surface area contributed by atoms with Crippen molar-refractivity contribution in [3.05, 3.63) is 0 Å². The van der Waals surface area contributed by atoms with Crippen molar-refractivity contribution in [1.82, 2.24) is 0 Å². The first-order chi connectivity index (χ1) is 5.57. The van der Waals surface area contributed by atoms with Crippen molar-refractivity contribution >= 4 is 45.2 Å². The lowest BCUT2D eigenvalue weighted by atomic mass is 9.56. The van der Waals surface area contributed by atoms with Crippen LogP contribution >= 0.6 is 45.2 Å². The molecule has 12 heavy (non-hydrogen) atoms. The smallest absolute Gasteiger partial charge is 0.0240 e. The van der Waals surface area contributed by atoms with E-state index in [4.69, 9.17) is 0 Å². The molecule has 0 saturated heterocycles. The van der Waals surface area contributed by atoms with Crippen LogP contribution < -0.4 is 0 Å². The lowest BCUT2D eigenvalue weighted by molar-refractivity contribution is 0.0728. The van der Waals surface area contributed by atoms with Crippen molar-refractivity contribution in [2.75, 3.05) is 0 Å². The van der Waals surface area contributed by atoms with Crippen LogP contribution in [0.1, 0.15) is 38.5 Å². The normalized spacial score (nSPS) is 62.5. The summed E-state index contributed by atoms with van der Waals surface area (Å²) in [6.45, 7) is 0. The van der Waals surface area contributed by atoms with Gasteiger partial charge in [-0.15, -0.1) is 0 Å². The zero-order valence-electron chi connectivity index (χ0n) is 7.15. The van der Waals surface area contributed by atoms with E-state index in [0.717, 1.165) is 18.7 Å². The summed E-state index contributed by atoms with van der Waals surface area (Å²) in [5, 5.41) is 0. The Kier molecular flexibility index (Phi) is 1.84. The van der Waals surface area contributed by atoms with Crippen LogP contribution in [0, 0.1) is 11.8 Å². The first kappa shape index (κ1) is 8.74. The number of hydrogen-bond acceptors (Lipinski definition) is 0. The predicted molar refractivity (Wildman–Crippen MR) is 68.2 cm³/mol. The van der Waals surface area contributed by atoms with Crippen LogP contribution in [-0.4, -0.2) is 6.84 Å². The lowest BCUT2D eigenvalue weighted by Crippen LogP contribution is -2.53. The summed E-state index contributed by atoms with van der Waals surface area (Å²) in [4.78, 5) is 0. The minimum Gasteiger partial charge on any atom is -0.0788 e. The van der Waals surface area contributed by atoms with E-state index in [0.29, 0.717) is 0 Å². The van der Waals surface area contributed by atoms with Gasteiger partial charge in [0, 0.05) is 6.84 Å². The van der Waals surface area contributed by atoms with Gasteiger partial charge in [0.05, 0.1) is 0 Å². The maximum absolute atomic E-state index is 2.77. The molecule has 4 rings (SSSR count). The number of rotatable bonds is 0. The largest absolute Gasteiger partial charge is 0.0788 e. The molecule has 0 aliphatic heterocycles. The highest BCUT2D eigenvalue weighted by Crippen LogP contribution is 2.63. The highest BCUT2D eigenvalue weighted by molar-refractivity contribution is 14.1. The standard InChI is InChI=1S/C10H14I2/c11-9-2-7-1-8(4-9)5-10(12,3-7)6-9/h7-8H,1-6H2. The predicted octanol–water partition coefficient (Wildman–Crippen LogP) is 3.95. The van der Waals surface area contributed by atoms with E-state index in [2.05, 4.69) is 45.2 Å². The highest BCUT2D eigenvalue weighted by atomic mass is 127. The summed E-state index contributed by atoms with van der Waals surface area (Å²) in [5.41, 5.74) is 0. The van der Waals surface area contributed by atoms with Crippen molar-refractivity contribution in [3.63, 3.8) is 0 Å². The van der Waals surface area contributed by atoms with Crippen LogP contribution in [0.5, 0.6) is 0 Å². The Balaban J connectivity index is 1.98. The van der Waals surface area contributed by atoms with Gasteiger partial charge >= 0.3 is 0 Å². The van der Waals surface area contributed by atoms with Gasteiger partial charge < -0.3 is 0 Å². The van der Waals surface area contributed by atoms with Gasteiger partial charge in [-0.1, -0.05) is 45.2 Å². The van der Waals surface area contributed by atoms with Crippen LogP contribution in [-0.2, 0) is 0 Å². The summed E-state index contributed by atoms with van der Waals surface area (Å²) < 4.78 is 1.45. The molecule has 0 radical (unpaired) electrons. The molecule has 0 amide bonds. The van der Waals surface area contributed by atoms with Crippen LogP contribution in [0.25, 0.3) is 0 Å². The minimum absolute atomic E-state index is 0.725. The van der Waals surface area contributed by atoms with Gasteiger partial charge in [0.1, 0.15) is 0 Å². The van der Waals surface area contributed by atoms with Crippen molar-refractivity contribution in [2.24, 2.45) is 11.8 Å². The topological polar surface area (TPSA) is 0 Å². The van der Waals surface area contributed by atoms with Gasteiger partial charge in [0.2, 0.25) is 0 Å². The average Bonchev–Trinajstić information content (AvgIpc) is 1.75. The monoisotopic (exact) mass is 388 g/mol. The molecule has 4 aliphatic carbocycles. The second-order valence-electron chi connectivity index (χ2n) is 5.26. The summed E-state index contributed by atoms with van der Waals surface area (Å²) >= 11 is 5.54. The molecule has 4 aliphatic rings. The van der Waals surface area contributed by atoms with Crippen molar-refractivity contribution in [1.29, 1.82) is 0 Å². The van der Waals surface area contributed by atoms with E-state index in [1.54, 1.807) is 6.42 Å². The maximum atomic E-state index is 2.77. The molecule has 2 heteroatoms. The van der Waals surface area contributed by atoms with Gasteiger partial charge in [0.15, 0.2) is 0 Å². The van der Waals surface area contributed by atoms with Crippen molar-refractivity contribution in [2.45, 2.75) is 45.4 Å². The molecule has 0 unspecified atom stereocenters. The van der Waals surface area contributed by atoms with E-state index in [1.165, 1.54) is 32.1 Å². The Morgan fingerprint density at radius 1 is 0.833 bits per heavy atom. The summed E-state index contributed by atoms with van der Waals surface area (Å²) in [6, 6.07) is 0. The van der Waals surface area contributed by atoms with Gasteiger partial charge in [-0.25, -0.2) is 0 Å². The Labute approximate surface area is 102 Å². The van der Waals surface area contributed by atoms with Gasteiger partial charge in [0.25, 0.3) is 0 Å². The second-order valence-corrected chi connectivity index (χ2v) is 9.84. The lowest BCUT2D eigenvalue weighted by Gasteiger charge is -2.58. The highest BCUT2D eigenvalue weighted by Gasteiger charge is 2.55. The number of hydrogen-bond donors (Lipinski definition) is 0. The third-order valence-corrected chi connectivity index (χ3v) is 6.44. The molecule has 4 bridgehead atoms. The zero-order valence-corrected chi connectivity index (χ0v) is 11.5. The molecule has 0 spiro atoms. The van der Waals surface area contributed by atoms with Gasteiger partial charge in [-0.3, -0.25) is 0 Å². The first-order valence-corrected chi connectivity index (χ1v) is 7.11. The molecular formula is C10H14I2. The molecule has 0 aromatic carbocycles. The fraction of sp³-hybridized carbons (Fsp3) is 1.00. The van der Waals surface area contributed by atoms with E-state index in [1.807, 2.05) is 0 Å². The van der Waals surface area contributed by atoms with Crippen molar-refractivity contribution in [3.8, 4) is 0 Å². The number of halogens is 2. The Bertz CT molecular complexity index is 190. The van der Waals surface area contributed by atoms with E-state index in [-0.39, 0.29) is 0 Å². The van der Waals surface area contributed by atoms with E-state index >= 15 is 0 Å². The molecule has 68 valence electrons. The average molecular weight is 388 g/mol. The molecule has 0 heterocycles. The fourth-order valence-electron chi connectivity index (χ4n) is 4.04. The quantitative estimate of drug-likeness (QED) is 0.436. The maximum Gasteiger partial charge on any atom is 0.0240 e. The molecule has 0 nitrogen and oxygen atoms in total. The Morgan fingerprint density at radius 3 is 1.58 bits per heavy atom. The fourth-order valence-corrected chi connectivity index (χ4v) is 8.72. The van der Waals surface area contributed by atoms with Crippen LogP contribution in [0.3, 0.4) is 0 Å². The van der Waals surface area contributed by atoms with Crippen LogP contribution in [0.15, 0.2) is 0 Å². The molecule has 4 fully saturated rings. The van der Waals surface area contributed by atoms with Gasteiger partial charge in [-0.2, -0.15) is 0 Å². The first-order valence-electron chi connectivity index (χ1n) is 4.95. The summed E-state index contributed by atoms with van der Waals surface area (Å²) in [5.74, 6) is 2.19. The third kappa shape index (κ3) is 1.27. The minimum atomic E-state index is 0.725. The van der Waals surface area contributed by atoms with Crippen molar-refractivity contribution < 1.29 is 0 Å².